The maximum absolute atomic E-state index is 11.4. The molecule has 0 atom stereocenters. The highest BCUT2D eigenvalue weighted by Crippen LogP contribution is 2.06. The Hall–Kier alpha value is -1.18. The van der Waals surface area contributed by atoms with E-state index in [2.05, 4.69) is 18.8 Å². The zero-order chi connectivity index (χ0) is 10.4. The third-order valence-corrected chi connectivity index (χ3v) is 2.08. The van der Waals surface area contributed by atoms with E-state index in [1.807, 2.05) is 12.1 Å². The Bertz CT molecular complexity index is 280. The summed E-state index contributed by atoms with van der Waals surface area (Å²) in [7, 11) is 0. The van der Waals surface area contributed by atoms with E-state index in [1.54, 1.807) is 12.4 Å². The molecule has 14 heavy (non-hydrogen) atoms. The van der Waals surface area contributed by atoms with Gasteiger partial charge in [-0.25, -0.2) is 0 Å². The van der Waals surface area contributed by atoms with Crippen LogP contribution in [0.1, 0.15) is 32.3 Å². The first-order valence-corrected chi connectivity index (χ1v) is 5.09. The van der Waals surface area contributed by atoms with E-state index < -0.39 is 0 Å². The summed E-state index contributed by atoms with van der Waals surface area (Å²) in [5, 5.41) is 0. The maximum Gasteiger partial charge on any atom is 0.133 e. The maximum atomic E-state index is 11.4. The van der Waals surface area contributed by atoms with Gasteiger partial charge in [0, 0.05) is 25.2 Å². The van der Waals surface area contributed by atoms with Gasteiger partial charge in [-0.3, -0.25) is 9.78 Å². The summed E-state index contributed by atoms with van der Waals surface area (Å²) in [6.45, 7) is 4.15. The van der Waals surface area contributed by atoms with Gasteiger partial charge in [-0.1, -0.05) is 13.8 Å². The molecule has 0 radical (unpaired) electrons. The van der Waals surface area contributed by atoms with Crippen LogP contribution in [0, 0.1) is 5.92 Å². The largest absolute Gasteiger partial charge is 0.300 e. The number of rotatable bonds is 5. The standard InChI is InChI=1S/C12H17NO/c1-10(2)9-12(14)4-3-11-5-7-13-8-6-11/h5-8,10H,3-4,9H2,1-2H3. The van der Waals surface area contributed by atoms with E-state index in [4.69, 9.17) is 0 Å². The minimum atomic E-state index is 0.358. The summed E-state index contributed by atoms with van der Waals surface area (Å²) in [5.74, 6) is 0.830. The van der Waals surface area contributed by atoms with Crippen LogP contribution in [0.15, 0.2) is 24.5 Å². The number of ketones is 1. The molecular formula is C12H17NO. The van der Waals surface area contributed by atoms with Crippen molar-refractivity contribution in [2.45, 2.75) is 33.1 Å². The van der Waals surface area contributed by atoms with Crippen molar-refractivity contribution < 1.29 is 4.79 Å². The molecule has 0 saturated heterocycles. The second kappa shape index (κ2) is 5.53. The fourth-order valence-corrected chi connectivity index (χ4v) is 1.39. The molecule has 1 aromatic rings. The molecule has 0 N–H and O–H groups in total. The molecule has 0 aliphatic rings. The van der Waals surface area contributed by atoms with E-state index in [0.717, 1.165) is 6.42 Å². The summed E-state index contributed by atoms with van der Waals surface area (Å²) in [6.07, 6.45) is 5.73. The SMILES string of the molecule is CC(C)CC(=O)CCc1ccncc1. The molecule has 0 aliphatic heterocycles. The van der Waals surface area contributed by atoms with Crippen LogP contribution < -0.4 is 0 Å². The Morgan fingerprint density at radius 3 is 2.57 bits per heavy atom. The van der Waals surface area contributed by atoms with Gasteiger partial charge in [0.2, 0.25) is 0 Å². The van der Waals surface area contributed by atoms with Crippen LogP contribution in [0.4, 0.5) is 0 Å². The summed E-state index contributed by atoms with van der Waals surface area (Å²) in [6, 6.07) is 3.92. The van der Waals surface area contributed by atoms with Crippen molar-refractivity contribution in [2.24, 2.45) is 5.92 Å². The Balaban J connectivity index is 2.31. The molecule has 1 rings (SSSR count). The van der Waals surface area contributed by atoms with Crippen LogP contribution in [0.5, 0.6) is 0 Å². The van der Waals surface area contributed by atoms with Gasteiger partial charge in [0.05, 0.1) is 0 Å². The molecule has 0 aliphatic carbocycles. The minimum absolute atomic E-state index is 0.358. The normalized spacial score (nSPS) is 10.5. The second-order valence-corrected chi connectivity index (χ2v) is 3.99. The van der Waals surface area contributed by atoms with Gasteiger partial charge in [-0.2, -0.15) is 0 Å². The minimum Gasteiger partial charge on any atom is -0.300 e. The summed E-state index contributed by atoms with van der Waals surface area (Å²) in [4.78, 5) is 15.3. The Morgan fingerprint density at radius 2 is 2.00 bits per heavy atom. The molecule has 0 amide bonds. The molecule has 0 fully saturated rings. The number of hydrogen-bond acceptors (Lipinski definition) is 2. The average molecular weight is 191 g/mol. The topological polar surface area (TPSA) is 30.0 Å². The predicted octanol–water partition coefficient (Wildman–Crippen LogP) is 2.63. The van der Waals surface area contributed by atoms with Crippen molar-refractivity contribution in [3.05, 3.63) is 30.1 Å². The Labute approximate surface area is 85.4 Å². The molecule has 0 unspecified atom stereocenters. The summed E-state index contributed by atoms with van der Waals surface area (Å²) >= 11 is 0. The molecular weight excluding hydrogens is 174 g/mol. The summed E-state index contributed by atoms with van der Waals surface area (Å²) < 4.78 is 0. The number of Topliss-reactive ketones (excluding diaryl/α,β-unsaturated/α-hetero) is 1. The van der Waals surface area contributed by atoms with Gasteiger partial charge in [-0.15, -0.1) is 0 Å². The lowest BCUT2D eigenvalue weighted by Crippen LogP contribution is -2.04. The van der Waals surface area contributed by atoms with Gasteiger partial charge in [-0.05, 0) is 30.0 Å². The van der Waals surface area contributed by atoms with Gasteiger partial charge in [0.15, 0.2) is 0 Å². The lowest BCUT2D eigenvalue weighted by Gasteiger charge is -2.03. The quantitative estimate of drug-likeness (QED) is 0.716. The highest BCUT2D eigenvalue weighted by Gasteiger charge is 2.04. The number of pyridine rings is 1. The monoisotopic (exact) mass is 191 g/mol. The fourth-order valence-electron chi connectivity index (χ4n) is 1.39. The number of aromatic nitrogens is 1. The number of carbonyl (C=O) groups excluding carboxylic acids is 1. The van der Waals surface area contributed by atoms with E-state index in [1.165, 1.54) is 5.56 Å². The third-order valence-electron chi connectivity index (χ3n) is 2.08. The molecule has 0 saturated carbocycles. The molecule has 2 heteroatoms. The molecule has 0 spiro atoms. The highest BCUT2D eigenvalue weighted by atomic mass is 16.1. The van der Waals surface area contributed by atoms with Crippen molar-refractivity contribution >= 4 is 5.78 Å². The van der Waals surface area contributed by atoms with Crippen molar-refractivity contribution in [1.82, 2.24) is 4.98 Å². The smallest absolute Gasteiger partial charge is 0.133 e. The number of carbonyl (C=O) groups is 1. The van der Waals surface area contributed by atoms with E-state index in [-0.39, 0.29) is 0 Å². The third kappa shape index (κ3) is 4.17. The lowest BCUT2D eigenvalue weighted by atomic mass is 10.0. The molecule has 1 aromatic heterocycles. The Morgan fingerprint density at radius 1 is 1.36 bits per heavy atom. The van der Waals surface area contributed by atoms with E-state index in [9.17, 15) is 4.79 Å². The first-order valence-electron chi connectivity index (χ1n) is 5.09. The van der Waals surface area contributed by atoms with Crippen LogP contribution in [0.25, 0.3) is 0 Å². The van der Waals surface area contributed by atoms with E-state index >= 15 is 0 Å². The van der Waals surface area contributed by atoms with Crippen molar-refractivity contribution in [3.63, 3.8) is 0 Å². The van der Waals surface area contributed by atoms with Gasteiger partial charge in [0.1, 0.15) is 5.78 Å². The first kappa shape index (κ1) is 10.9. The highest BCUT2D eigenvalue weighted by molar-refractivity contribution is 5.78. The van der Waals surface area contributed by atoms with Crippen LogP contribution in [-0.2, 0) is 11.2 Å². The Kier molecular flexibility index (Phi) is 4.30. The van der Waals surface area contributed by atoms with Crippen LogP contribution >= 0.6 is 0 Å². The van der Waals surface area contributed by atoms with Gasteiger partial charge in [0.25, 0.3) is 0 Å². The van der Waals surface area contributed by atoms with Crippen molar-refractivity contribution in [2.75, 3.05) is 0 Å². The fraction of sp³-hybridized carbons (Fsp3) is 0.500. The zero-order valence-corrected chi connectivity index (χ0v) is 8.86. The van der Waals surface area contributed by atoms with Crippen LogP contribution in [0.2, 0.25) is 0 Å². The molecule has 0 aromatic carbocycles. The second-order valence-electron chi connectivity index (χ2n) is 3.99. The van der Waals surface area contributed by atoms with Crippen molar-refractivity contribution in [1.29, 1.82) is 0 Å². The molecule has 2 nitrogen and oxygen atoms in total. The van der Waals surface area contributed by atoms with Crippen LogP contribution in [0.3, 0.4) is 0 Å². The summed E-state index contributed by atoms with van der Waals surface area (Å²) in [5.41, 5.74) is 1.19. The number of hydrogen-bond donors (Lipinski definition) is 0. The number of aryl methyl sites for hydroxylation is 1. The van der Waals surface area contributed by atoms with Crippen molar-refractivity contribution in [3.8, 4) is 0 Å². The predicted molar refractivity (Wildman–Crippen MR) is 57.0 cm³/mol. The molecule has 0 bridgehead atoms. The lowest BCUT2D eigenvalue weighted by molar-refractivity contribution is -0.119. The van der Waals surface area contributed by atoms with Crippen LogP contribution in [-0.4, -0.2) is 10.8 Å². The average Bonchev–Trinajstić information content (AvgIpc) is 2.15. The zero-order valence-electron chi connectivity index (χ0n) is 8.86. The first-order chi connectivity index (χ1) is 6.68. The van der Waals surface area contributed by atoms with Gasteiger partial charge >= 0.3 is 0 Å². The van der Waals surface area contributed by atoms with E-state index in [0.29, 0.717) is 24.5 Å². The molecule has 1 heterocycles. The number of nitrogens with zero attached hydrogens (tertiary/aromatic N) is 1. The van der Waals surface area contributed by atoms with Gasteiger partial charge < -0.3 is 0 Å². The molecule has 76 valence electrons.